The number of carboxylic acid groups (broad SMARTS) is 1. The maximum absolute atomic E-state index is 11.1. The van der Waals surface area contributed by atoms with Crippen molar-refractivity contribution in [2.24, 2.45) is 7.05 Å². The molecule has 0 radical (unpaired) electrons. The van der Waals surface area contributed by atoms with Gasteiger partial charge in [0.15, 0.2) is 5.82 Å². The molecule has 1 heterocycles. The Kier molecular flexibility index (Phi) is 3.12. The topological polar surface area (TPSA) is 93.2 Å². The van der Waals surface area contributed by atoms with Crippen LogP contribution in [0.4, 0.5) is 17.2 Å². The van der Waals surface area contributed by atoms with Crippen molar-refractivity contribution in [2.45, 2.75) is 0 Å². The molecule has 0 atom stereocenters. The summed E-state index contributed by atoms with van der Waals surface area (Å²) in [6.07, 6.45) is 1.73. The van der Waals surface area contributed by atoms with Gasteiger partial charge in [-0.3, -0.25) is 4.68 Å². The molecule has 0 saturated carbocycles. The molecule has 7 heteroatoms. The first-order valence-corrected chi connectivity index (χ1v) is 5.44. The summed E-state index contributed by atoms with van der Waals surface area (Å²) in [6.45, 7) is 0. The predicted molar refractivity (Wildman–Crippen MR) is 69.3 cm³/mol. The summed E-state index contributed by atoms with van der Waals surface area (Å²) in [4.78, 5) is 11.1. The van der Waals surface area contributed by atoms with Crippen LogP contribution in [0.25, 0.3) is 0 Å². The van der Waals surface area contributed by atoms with Crippen LogP contribution in [0.15, 0.2) is 24.4 Å². The highest BCUT2D eigenvalue weighted by Crippen LogP contribution is 2.31. The molecule has 2 aromatic rings. The fourth-order valence-corrected chi connectivity index (χ4v) is 1.81. The van der Waals surface area contributed by atoms with Crippen LogP contribution in [0.2, 0.25) is 5.02 Å². The molecule has 2 rings (SSSR count). The van der Waals surface area contributed by atoms with Crippen LogP contribution in [0, 0.1) is 0 Å². The number of aryl methyl sites for hydroxylation is 1. The molecule has 0 aliphatic heterocycles. The monoisotopic (exact) mass is 266 g/mol. The number of nitrogens with one attached hydrogen (secondary N) is 1. The first-order valence-electron chi connectivity index (χ1n) is 5.06. The summed E-state index contributed by atoms with van der Waals surface area (Å²) >= 11 is 6.00. The van der Waals surface area contributed by atoms with E-state index in [0.29, 0.717) is 11.5 Å². The second-order valence-corrected chi connectivity index (χ2v) is 4.14. The molecule has 0 aliphatic carbocycles. The van der Waals surface area contributed by atoms with E-state index >= 15 is 0 Å². The van der Waals surface area contributed by atoms with E-state index in [1.807, 2.05) is 0 Å². The summed E-state index contributed by atoms with van der Waals surface area (Å²) in [6, 6.07) is 4.54. The summed E-state index contributed by atoms with van der Waals surface area (Å²) in [5.41, 5.74) is 6.14. The first-order chi connectivity index (χ1) is 8.47. The molecular weight excluding hydrogens is 256 g/mol. The van der Waals surface area contributed by atoms with Gasteiger partial charge in [0.25, 0.3) is 0 Å². The lowest BCUT2D eigenvalue weighted by molar-refractivity contribution is 0.0698. The van der Waals surface area contributed by atoms with Gasteiger partial charge in [-0.05, 0) is 12.1 Å². The Hall–Kier alpha value is -2.21. The molecule has 18 heavy (non-hydrogen) atoms. The van der Waals surface area contributed by atoms with Gasteiger partial charge < -0.3 is 16.2 Å². The average Bonchev–Trinajstić information content (AvgIpc) is 2.67. The predicted octanol–water partition coefficient (Wildman–Crippen LogP) is 2.10. The van der Waals surface area contributed by atoms with E-state index in [0.717, 1.165) is 0 Å². The van der Waals surface area contributed by atoms with Gasteiger partial charge in [-0.1, -0.05) is 11.6 Å². The largest absolute Gasteiger partial charge is 0.478 e. The zero-order chi connectivity index (χ0) is 13.3. The molecule has 0 fully saturated rings. The molecular formula is C11H11ClN4O2. The third-order valence-corrected chi connectivity index (χ3v) is 2.61. The molecule has 0 spiro atoms. The van der Waals surface area contributed by atoms with Crippen LogP contribution in [0.1, 0.15) is 10.4 Å². The van der Waals surface area contributed by atoms with E-state index in [2.05, 4.69) is 10.4 Å². The van der Waals surface area contributed by atoms with Gasteiger partial charge in [0.2, 0.25) is 0 Å². The van der Waals surface area contributed by atoms with Gasteiger partial charge in [-0.2, -0.15) is 5.10 Å². The Labute approximate surface area is 108 Å². The lowest BCUT2D eigenvalue weighted by Gasteiger charge is -2.10. The maximum Gasteiger partial charge on any atom is 0.337 e. The summed E-state index contributed by atoms with van der Waals surface area (Å²) in [5.74, 6) is -0.602. The Morgan fingerprint density at radius 1 is 1.56 bits per heavy atom. The number of aromatic nitrogens is 2. The summed E-state index contributed by atoms with van der Waals surface area (Å²) in [5, 5.41) is 16.3. The Bertz CT molecular complexity index is 609. The normalized spacial score (nSPS) is 10.3. The van der Waals surface area contributed by atoms with Crippen molar-refractivity contribution < 1.29 is 9.90 Å². The highest BCUT2D eigenvalue weighted by Gasteiger charge is 2.15. The van der Waals surface area contributed by atoms with E-state index in [1.54, 1.807) is 24.0 Å². The van der Waals surface area contributed by atoms with Crippen LogP contribution in [0.3, 0.4) is 0 Å². The van der Waals surface area contributed by atoms with Crippen molar-refractivity contribution in [2.75, 3.05) is 11.1 Å². The zero-order valence-corrected chi connectivity index (χ0v) is 10.3. The van der Waals surface area contributed by atoms with E-state index in [-0.39, 0.29) is 16.3 Å². The van der Waals surface area contributed by atoms with E-state index < -0.39 is 5.97 Å². The number of nitrogens with zero attached hydrogens (tertiary/aromatic N) is 2. The van der Waals surface area contributed by atoms with Crippen LogP contribution in [-0.2, 0) is 7.05 Å². The minimum Gasteiger partial charge on any atom is -0.478 e. The van der Waals surface area contributed by atoms with Gasteiger partial charge in [0, 0.05) is 25.0 Å². The van der Waals surface area contributed by atoms with E-state index in [9.17, 15) is 4.79 Å². The number of carbonyl (C=O) groups is 1. The minimum atomic E-state index is -1.11. The van der Waals surface area contributed by atoms with Crippen LogP contribution in [-0.4, -0.2) is 20.9 Å². The second-order valence-electron chi connectivity index (χ2n) is 3.73. The smallest absolute Gasteiger partial charge is 0.337 e. The number of nitrogen functional groups attached to an aromatic ring is 1. The molecule has 1 aromatic heterocycles. The zero-order valence-electron chi connectivity index (χ0n) is 9.51. The number of rotatable bonds is 3. The molecule has 0 unspecified atom stereocenters. The van der Waals surface area contributed by atoms with Crippen molar-refractivity contribution in [3.63, 3.8) is 0 Å². The minimum absolute atomic E-state index is 0.00523. The van der Waals surface area contributed by atoms with Crippen molar-refractivity contribution in [3.05, 3.63) is 35.0 Å². The van der Waals surface area contributed by atoms with E-state index in [1.165, 1.54) is 12.1 Å². The number of nitrogens with two attached hydrogens (primary N) is 1. The molecule has 0 saturated heterocycles. The number of halogens is 1. The first kappa shape index (κ1) is 12.3. The second kappa shape index (κ2) is 4.58. The number of anilines is 3. The van der Waals surface area contributed by atoms with Crippen molar-refractivity contribution in [1.82, 2.24) is 9.78 Å². The Balaban J connectivity index is 2.46. The summed E-state index contributed by atoms with van der Waals surface area (Å²) in [7, 11) is 1.76. The highest BCUT2D eigenvalue weighted by atomic mass is 35.5. The standard InChI is InChI=1S/C11H11ClN4O2/c1-16-3-2-9(15-16)14-10-7(11(17)18)4-6(13)5-8(10)12/h2-5H,13H2,1H3,(H,14,15)(H,17,18). The molecule has 0 amide bonds. The van der Waals surface area contributed by atoms with Crippen LogP contribution in [0.5, 0.6) is 0 Å². The van der Waals surface area contributed by atoms with Gasteiger partial charge in [0.1, 0.15) is 0 Å². The number of carboxylic acids is 1. The van der Waals surface area contributed by atoms with Gasteiger partial charge in [-0.25, -0.2) is 4.79 Å². The average molecular weight is 267 g/mol. The van der Waals surface area contributed by atoms with Crippen molar-refractivity contribution in [1.29, 1.82) is 0 Å². The lowest BCUT2D eigenvalue weighted by atomic mass is 10.1. The molecule has 0 aliphatic rings. The number of hydrogen-bond donors (Lipinski definition) is 3. The van der Waals surface area contributed by atoms with E-state index in [4.69, 9.17) is 22.4 Å². The van der Waals surface area contributed by atoms with Gasteiger partial charge in [0.05, 0.1) is 16.3 Å². The Morgan fingerprint density at radius 3 is 2.83 bits per heavy atom. The van der Waals surface area contributed by atoms with Gasteiger partial charge in [-0.15, -0.1) is 0 Å². The molecule has 6 nitrogen and oxygen atoms in total. The third kappa shape index (κ3) is 2.38. The number of benzene rings is 1. The fraction of sp³-hybridized carbons (Fsp3) is 0.0909. The van der Waals surface area contributed by atoms with Crippen LogP contribution < -0.4 is 11.1 Å². The Morgan fingerprint density at radius 2 is 2.28 bits per heavy atom. The molecule has 0 bridgehead atoms. The lowest BCUT2D eigenvalue weighted by Crippen LogP contribution is -2.05. The quantitative estimate of drug-likeness (QED) is 0.740. The van der Waals surface area contributed by atoms with Gasteiger partial charge >= 0.3 is 5.97 Å². The maximum atomic E-state index is 11.1. The molecule has 94 valence electrons. The SMILES string of the molecule is Cn1ccc(Nc2c(Cl)cc(N)cc2C(=O)O)n1. The molecule has 4 N–H and O–H groups in total. The third-order valence-electron chi connectivity index (χ3n) is 2.31. The number of hydrogen-bond acceptors (Lipinski definition) is 4. The number of aromatic carboxylic acids is 1. The van der Waals surface area contributed by atoms with Crippen LogP contribution >= 0.6 is 11.6 Å². The fourth-order valence-electron chi connectivity index (χ4n) is 1.53. The van der Waals surface area contributed by atoms with Crippen molar-refractivity contribution >= 4 is 34.8 Å². The summed E-state index contributed by atoms with van der Waals surface area (Å²) < 4.78 is 1.59. The molecule has 1 aromatic carbocycles. The highest BCUT2D eigenvalue weighted by molar-refractivity contribution is 6.34. The van der Waals surface area contributed by atoms with Crippen molar-refractivity contribution in [3.8, 4) is 0 Å².